The van der Waals surface area contributed by atoms with E-state index in [4.69, 9.17) is 23.2 Å². The normalized spacial score (nSPS) is 12.2. The predicted octanol–water partition coefficient (Wildman–Crippen LogP) is 5.93. The highest BCUT2D eigenvalue weighted by Gasteiger charge is 2.33. The molecule has 0 saturated carbocycles. The number of benzene rings is 3. The highest BCUT2D eigenvalue weighted by atomic mass is 79.9. The van der Waals surface area contributed by atoms with Crippen molar-refractivity contribution < 1.29 is 18.0 Å². The molecule has 0 aliphatic carbocycles. The zero-order valence-electron chi connectivity index (χ0n) is 22.5. The van der Waals surface area contributed by atoms with Crippen LogP contribution in [-0.2, 0) is 32.6 Å². The SMILES string of the molecule is CC(C)CNC(=O)[C@H](Cc1ccccc1)N(Cc1ccc(Br)cc1)C(=O)CN(c1ccc(Cl)c(Cl)c1)S(C)(=O)=O. The summed E-state index contributed by atoms with van der Waals surface area (Å²) in [6.07, 6.45) is 1.26. The van der Waals surface area contributed by atoms with E-state index in [1.54, 1.807) is 0 Å². The highest BCUT2D eigenvalue weighted by molar-refractivity contribution is 9.10. The molecule has 1 N–H and O–H groups in total. The second-order valence-electron chi connectivity index (χ2n) is 9.86. The number of nitrogens with zero attached hydrogens (tertiary/aromatic N) is 2. The van der Waals surface area contributed by atoms with Gasteiger partial charge in [-0.1, -0.05) is 95.4 Å². The van der Waals surface area contributed by atoms with Gasteiger partial charge in [-0.15, -0.1) is 0 Å². The molecular weight excluding hydrogens is 637 g/mol. The average molecular weight is 669 g/mol. The number of hydrogen-bond acceptors (Lipinski definition) is 4. The molecule has 0 bridgehead atoms. The lowest BCUT2D eigenvalue weighted by Gasteiger charge is -2.33. The minimum atomic E-state index is -3.90. The first-order valence-corrected chi connectivity index (χ1v) is 16.0. The van der Waals surface area contributed by atoms with E-state index in [0.29, 0.717) is 6.54 Å². The van der Waals surface area contributed by atoms with Crippen molar-refractivity contribution in [2.75, 3.05) is 23.7 Å². The number of carbonyl (C=O) groups excluding carboxylic acids is 2. The number of anilines is 1. The minimum absolute atomic E-state index is 0.0949. The number of hydrogen-bond donors (Lipinski definition) is 1. The van der Waals surface area contributed by atoms with Crippen LogP contribution in [0.25, 0.3) is 0 Å². The molecule has 0 heterocycles. The monoisotopic (exact) mass is 667 g/mol. The maximum Gasteiger partial charge on any atom is 0.244 e. The first-order valence-electron chi connectivity index (χ1n) is 12.6. The summed E-state index contributed by atoms with van der Waals surface area (Å²) < 4.78 is 27.5. The summed E-state index contributed by atoms with van der Waals surface area (Å²) in [5.41, 5.74) is 1.84. The van der Waals surface area contributed by atoms with Gasteiger partial charge in [-0.2, -0.15) is 0 Å². The summed E-state index contributed by atoms with van der Waals surface area (Å²) in [5.74, 6) is -0.657. The van der Waals surface area contributed by atoms with Gasteiger partial charge in [-0.3, -0.25) is 13.9 Å². The zero-order valence-corrected chi connectivity index (χ0v) is 26.4. The van der Waals surface area contributed by atoms with Crippen LogP contribution in [0.1, 0.15) is 25.0 Å². The predicted molar refractivity (Wildman–Crippen MR) is 165 cm³/mol. The molecule has 2 amide bonds. The van der Waals surface area contributed by atoms with Crippen LogP contribution in [0.15, 0.2) is 77.3 Å². The Morgan fingerprint density at radius 3 is 2.15 bits per heavy atom. The molecule has 11 heteroatoms. The van der Waals surface area contributed by atoms with Crippen molar-refractivity contribution in [2.24, 2.45) is 5.92 Å². The molecule has 0 aromatic heterocycles. The van der Waals surface area contributed by atoms with Gasteiger partial charge in [-0.25, -0.2) is 8.42 Å². The molecule has 3 aromatic rings. The van der Waals surface area contributed by atoms with E-state index in [1.807, 2.05) is 68.4 Å². The molecule has 0 saturated heterocycles. The molecule has 3 rings (SSSR count). The molecule has 0 aliphatic rings. The van der Waals surface area contributed by atoms with Crippen LogP contribution in [0.5, 0.6) is 0 Å². The van der Waals surface area contributed by atoms with Crippen LogP contribution in [0.2, 0.25) is 10.0 Å². The molecule has 0 spiro atoms. The smallest absolute Gasteiger partial charge is 0.244 e. The third-order valence-corrected chi connectivity index (χ3v) is 8.50. The van der Waals surface area contributed by atoms with Gasteiger partial charge in [0.05, 0.1) is 22.0 Å². The summed E-state index contributed by atoms with van der Waals surface area (Å²) in [6, 6.07) is 20.3. The van der Waals surface area contributed by atoms with Crippen LogP contribution < -0.4 is 9.62 Å². The Morgan fingerprint density at radius 1 is 0.925 bits per heavy atom. The lowest BCUT2D eigenvalue weighted by Crippen LogP contribution is -2.53. The lowest BCUT2D eigenvalue weighted by molar-refractivity contribution is -0.140. The van der Waals surface area contributed by atoms with Gasteiger partial charge in [-0.05, 0) is 47.4 Å². The minimum Gasteiger partial charge on any atom is -0.354 e. The third kappa shape index (κ3) is 9.23. The van der Waals surface area contributed by atoms with Crippen LogP contribution in [0, 0.1) is 5.92 Å². The maximum atomic E-state index is 14.0. The third-order valence-electron chi connectivity index (χ3n) is 6.09. The number of nitrogens with one attached hydrogen (secondary N) is 1. The first kappa shape index (κ1) is 31.9. The largest absolute Gasteiger partial charge is 0.354 e. The van der Waals surface area contributed by atoms with E-state index >= 15 is 0 Å². The Labute approximate surface area is 254 Å². The van der Waals surface area contributed by atoms with Gasteiger partial charge in [0.1, 0.15) is 12.6 Å². The Bertz CT molecular complexity index is 1420. The van der Waals surface area contributed by atoms with Gasteiger partial charge in [0.25, 0.3) is 0 Å². The molecular formula is C29H32BrCl2N3O4S. The van der Waals surface area contributed by atoms with Gasteiger partial charge in [0, 0.05) is 24.0 Å². The van der Waals surface area contributed by atoms with Crippen LogP contribution >= 0.6 is 39.1 Å². The molecule has 0 fully saturated rings. The molecule has 1 atom stereocenters. The van der Waals surface area contributed by atoms with Crippen LogP contribution in [0.3, 0.4) is 0 Å². The van der Waals surface area contributed by atoms with E-state index in [2.05, 4.69) is 21.2 Å². The Morgan fingerprint density at radius 2 is 1.57 bits per heavy atom. The topological polar surface area (TPSA) is 86.8 Å². The van der Waals surface area contributed by atoms with Gasteiger partial charge in [0.2, 0.25) is 21.8 Å². The van der Waals surface area contributed by atoms with Gasteiger partial charge >= 0.3 is 0 Å². The van der Waals surface area contributed by atoms with E-state index in [-0.39, 0.29) is 40.5 Å². The number of carbonyl (C=O) groups is 2. The summed E-state index contributed by atoms with van der Waals surface area (Å²) >= 11 is 15.6. The molecule has 40 heavy (non-hydrogen) atoms. The fourth-order valence-electron chi connectivity index (χ4n) is 4.02. The van der Waals surface area contributed by atoms with Crippen LogP contribution in [0.4, 0.5) is 5.69 Å². The van der Waals surface area contributed by atoms with Crippen molar-refractivity contribution in [3.63, 3.8) is 0 Å². The summed E-state index contributed by atoms with van der Waals surface area (Å²) in [7, 11) is -3.90. The number of rotatable bonds is 12. The number of amides is 2. The molecule has 0 aliphatic heterocycles. The van der Waals surface area contributed by atoms with Crippen LogP contribution in [-0.4, -0.2) is 50.5 Å². The maximum absolute atomic E-state index is 14.0. The lowest BCUT2D eigenvalue weighted by atomic mass is 10.0. The summed E-state index contributed by atoms with van der Waals surface area (Å²) in [5, 5.41) is 3.37. The fourth-order valence-corrected chi connectivity index (χ4v) is 5.42. The molecule has 0 radical (unpaired) electrons. The molecule has 0 unspecified atom stereocenters. The zero-order chi connectivity index (χ0) is 29.4. The van der Waals surface area contributed by atoms with Gasteiger partial charge in [0.15, 0.2) is 0 Å². The summed E-state index contributed by atoms with van der Waals surface area (Å²) in [6.45, 7) is 3.97. The number of halogens is 3. The van der Waals surface area contributed by atoms with Crippen molar-refractivity contribution >= 4 is 66.7 Å². The quantitative estimate of drug-likeness (QED) is 0.259. The van der Waals surface area contributed by atoms with E-state index in [0.717, 1.165) is 26.2 Å². The first-order chi connectivity index (χ1) is 18.8. The van der Waals surface area contributed by atoms with Crippen molar-refractivity contribution in [1.29, 1.82) is 0 Å². The van der Waals surface area contributed by atoms with Crippen molar-refractivity contribution in [2.45, 2.75) is 32.9 Å². The average Bonchev–Trinajstić information content (AvgIpc) is 2.90. The fraction of sp³-hybridized carbons (Fsp3) is 0.310. The van der Waals surface area contributed by atoms with E-state index in [1.165, 1.54) is 23.1 Å². The van der Waals surface area contributed by atoms with Crippen molar-refractivity contribution in [3.05, 3.63) is 98.4 Å². The van der Waals surface area contributed by atoms with Gasteiger partial charge < -0.3 is 10.2 Å². The Balaban J connectivity index is 2.05. The Kier molecular flexibility index (Phi) is 11.5. The summed E-state index contributed by atoms with van der Waals surface area (Å²) in [4.78, 5) is 29.1. The second kappa shape index (κ2) is 14.3. The standard InChI is InChI=1S/C29H32BrCl2N3O4S/c1-20(2)17-33-29(37)27(15-21-7-5-4-6-8-21)34(18-22-9-11-23(30)12-10-22)28(36)19-35(40(3,38)39)24-13-14-25(31)26(32)16-24/h4-14,16,20,27H,15,17-19H2,1-3H3,(H,33,37)/t27-/m0/s1. The second-order valence-corrected chi connectivity index (χ2v) is 13.5. The highest BCUT2D eigenvalue weighted by Crippen LogP contribution is 2.29. The van der Waals surface area contributed by atoms with Crippen molar-refractivity contribution in [1.82, 2.24) is 10.2 Å². The Hall–Kier alpha value is -2.59. The van der Waals surface area contributed by atoms with Crippen molar-refractivity contribution in [3.8, 4) is 0 Å². The van der Waals surface area contributed by atoms with E-state index < -0.39 is 28.5 Å². The molecule has 214 valence electrons. The number of sulfonamides is 1. The van der Waals surface area contributed by atoms with E-state index in [9.17, 15) is 18.0 Å². The molecule has 3 aromatic carbocycles. The molecule has 7 nitrogen and oxygen atoms in total.